The molecule has 0 aromatic rings. The number of likely N-dealkylation sites (tertiary alicyclic amines) is 1. The standard InChI is InChI=1S/C14H26N2/c1-2-14(7-3-8-14)16-9-6-12(11-16)10-15-13-4-5-13/h12-13,15H,2-11H2,1H3. The minimum Gasteiger partial charge on any atom is -0.314 e. The first-order valence-corrected chi connectivity index (χ1v) is 7.31. The zero-order valence-electron chi connectivity index (χ0n) is 10.7. The van der Waals surface area contributed by atoms with Gasteiger partial charge in [-0.3, -0.25) is 4.90 Å². The van der Waals surface area contributed by atoms with Crippen LogP contribution >= 0.6 is 0 Å². The van der Waals surface area contributed by atoms with Crippen molar-refractivity contribution < 1.29 is 0 Å². The van der Waals surface area contributed by atoms with Crippen molar-refractivity contribution in [2.45, 2.75) is 63.5 Å². The van der Waals surface area contributed by atoms with Crippen LogP contribution in [0.2, 0.25) is 0 Å². The van der Waals surface area contributed by atoms with Crippen LogP contribution in [0.5, 0.6) is 0 Å². The largest absolute Gasteiger partial charge is 0.314 e. The van der Waals surface area contributed by atoms with Crippen LogP contribution in [-0.4, -0.2) is 36.1 Å². The Bertz CT molecular complexity index is 238. The molecule has 2 heteroatoms. The molecule has 1 aliphatic heterocycles. The van der Waals surface area contributed by atoms with E-state index >= 15 is 0 Å². The highest BCUT2D eigenvalue weighted by Gasteiger charge is 2.43. The maximum atomic E-state index is 3.70. The molecule has 1 atom stereocenters. The third-order valence-corrected chi connectivity index (χ3v) is 5.17. The fourth-order valence-electron chi connectivity index (χ4n) is 3.53. The second-order valence-corrected chi connectivity index (χ2v) is 6.21. The molecule has 1 saturated heterocycles. The van der Waals surface area contributed by atoms with Gasteiger partial charge in [0.2, 0.25) is 0 Å². The Labute approximate surface area is 99.8 Å². The average molecular weight is 222 g/mol. The van der Waals surface area contributed by atoms with Crippen LogP contribution in [0.15, 0.2) is 0 Å². The van der Waals surface area contributed by atoms with Gasteiger partial charge in [0.25, 0.3) is 0 Å². The molecular weight excluding hydrogens is 196 g/mol. The van der Waals surface area contributed by atoms with Gasteiger partial charge in [0.05, 0.1) is 0 Å². The summed E-state index contributed by atoms with van der Waals surface area (Å²) < 4.78 is 0. The number of hydrogen-bond acceptors (Lipinski definition) is 2. The molecule has 0 radical (unpaired) electrons. The highest BCUT2D eigenvalue weighted by atomic mass is 15.2. The predicted octanol–water partition coefficient (Wildman–Crippen LogP) is 2.39. The first-order chi connectivity index (χ1) is 7.82. The van der Waals surface area contributed by atoms with E-state index in [0.717, 1.165) is 12.0 Å². The van der Waals surface area contributed by atoms with Gasteiger partial charge in [-0.25, -0.2) is 0 Å². The molecule has 92 valence electrons. The van der Waals surface area contributed by atoms with Crippen molar-refractivity contribution in [2.75, 3.05) is 19.6 Å². The number of nitrogens with one attached hydrogen (secondary N) is 1. The number of rotatable bonds is 5. The summed E-state index contributed by atoms with van der Waals surface area (Å²) >= 11 is 0. The molecule has 0 spiro atoms. The smallest absolute Gasteiger partial charge is 0.0207 e. The SMILES string of the molecule is CCC1(N2CCC(CNC3CC3)C2)CCC1. The highest BCUT2D eigenvalue weighted by molar-refractivity contribution is 5.00. The van der Waals surface area contributed by atoms with Gasteiger partial charge in [0.15, 0.2) is 0 Å². The Kier molecular flexibility index (Phi) is 2.97. The lowest BCUT2D eigenvalue weighted by Gasteiger charge is -2.49. The van der Waals surface area contributed by atoms with E-state index in [1.165, 1.54) is 64.6 Å². The van der Waals surface area contributed by atoms with Crippen molar-refractivity contribution in [3.8, 4) is 0 Å². The average Bonchev–Trinajstić information content (AvgIpc) is 2.95. The molecule has 3 aliphatic rings. The fourth-order valence-corrected chi connectivity index (χ4v) is 3.53. The Morgan fingerprint density at radius 3 is 2.62 bits per heavy atom. The Morgan fingerprint density at radius 1 is 1.25 bits per heavy atom. The summed E-state index contributed by atoms with van der Waals surface area (Å²) in [5, 5.41) is 3.70. The highest BCUT2D eigenvalue weighted by Crippen LogP contribution is 2.42. The normalized spacial score (nSPS) is 33.9. The zero-order valence-corrected chi connectivity index (χ0v) is 10.7. The molecule has 3 fully saturated rings. The minimum atomic E-state index is 0.633. The van der Waals surface area contributed by atoms with Crippen molar-refractivity contribution in [3.63, 3.8) is 0 Å². The summed E-state index contributed by atoms with van der Waals surface area (Å²) in [6, 6.07) is 0.887. The van der Waals surface area contributed by atoms with Gasteiger partial charge >= 0.3 is 0 Å². The summed E-state index contributed by atoms with van der Waals surface area (Å²) in [7, 11) is 0. The predicted molar refractivity (Wildman–Crippen MR) is 67.6 cm³/mol. The fraction of sp³-hybridized carbons (Fsp3) is 1.00. The van der Waals surface area contributed by atoms with E-state index < -0.39 is 0 Å². The maximum Gasteiger partial charge on any atom is 0.0207 e. The lowest BCUT2D eigenvalue weighted by molar-refractivity contribution is 0.0292. The zero-order chi connectivity index (χ0) is 11.0. The van der Waals surface area contributed by atoms with Gasteiger partial charge in [0, 0.05) is 18.1 Å². The van der Waals surface area contributed by atoms with Gasteiger partial charge in [0.1, 0.15) is 0 Å². The van der Waals surface area contributed by atoms with Crippen molar-refractivity contribution in [3.05, 3.63) is 0 Å². The Hall–Kier alpha value is -0.0800. The Morgan fingerprint density at radius 2 is 2.06 bits per heavy atom. The lowest BCUT2D eigenvalue weighted by Crippen LogP contribution is -2.52. The van der Waals surface area contributed by atoms with E-state index in [1.807, 2.05) is 0 Å². The van der Waals surface area contributed by atoms with Crippen LogP contribution in [0.25, 0.3) is 0 Å². The molecular formula is C14H26N2. The molecule has 0 aromatic heterocycles. The Balaban J connectivity index is 1.47. The molecule has 0 aromatic carbocycles. The number of nitrogens with zero attached hydrogens (tertiary/aromatic N) is 1. The molecule has 2 aliphatic carbocycles. The van der Waals surface area contributed by atoms with Crippen LogP contribution < -0.4 is 5.32 Å². The molecule has 0 bridgehead atoms. The first-order valence-electron chi connectivity index (χ1n) is 7.31. The molecule has 1 unspecified atom stereocenters. The van der Waals surface area contributed by atoms with Crippen molar-refractivity contribution in [1.29, 1.82) is 0 Å². The second kappa shape index (κ2) is 4.30. The quantitative estimate of drug-likeness (QED) is 0.768. The van der Waals surface area contributed by atoms with Crippen LogP contribution in [0.3, 0.4) is 0 Å². The maximum absolute atomic E-state index is 3.70. The lowest BCUT2D eigenvalue weighted by atomic mass is 9.73. The van der Waals surface area contributed by atoms with E-state index in [1.54, 1.807) is 0 Å². The third kappa shape index (κ3) is 2.02. The van der Waals surface area contributed by atoms with E-state index in [0.29, 0.717) is 5.54 Å². The van der Waals surface area contributed by atoms with E-state index in [9.17, 15) is 0 Å². The van der Waals surface area contributed by atoms with E-state index in [4.69, 9.17) is 0 Å². The second-order valence-electron chi connectivity index (χ2n) is 6.21. The van der Waals surface area contributed by atoms with Gasteiger partial charge < -0.3 is 5.32 Å². The van der Waals surface area contributed by atoms with Crippen LogP contribution in [0, 0.1) is 5.92 Å². The molecule has 0 amide bonds. The van der Waals surface area contributed by atoms with Crippen LogP contribution in [0.1, 0.15) is 51.9 Å². The monoisotopic (exact) mass is 222 g/mol. The van der Waals surface area contributed by atoms with Gasteiger partial charge in [-0.2, -0.15) is 0 Å². The summed E-state index contributed by atoms with van der Waals surface area (Å²) in [6.07, 6.45) is 10.1. The van der Waals surface area contributed by atoms with E-state index in [-0.39, 0.29) is 0 Å². The van der Waals surface area contributed by atoms with Crippen molar-refractivity contribution in [1.82, 2.24) is 10.2 Å². The molecule has 3 rings (SSSR count). The molecule has 1 heterocycles. The van der Waals surface area contributed by atoms with Crippen LogP contribution in [-0.2, 0) is 0 Å². The third-order valence-electron chi connectivity index (χ3n) is 5.17. The van der Waals surface area contributed by atoms with Gasteiger partial charge in [-0.1, -0.05) is 6.92 Å². The summed E-state index contributed by atoms with van der Waals surface area (Å²) in [5.74, 6) is 0.935. The first kappa shape index (κ1) is 11.0. The van der Waals surface area contributed by atoms with E-state index in [2.05, 4.69) is 17.1 Å². The van der Waals surface area contributed by atoms with Crippen molar-refractivity contribution in [2.24, 2.45) is 5.92 Å². The molecule has 2 nitrogen and oxygen atoms in total. The topological polar surface area (TPSA) is 15.3 Å². The van der Waals surface area contributed by atoms with Gasteiger partial charge in [-0.15, -0.1) is 0 Å². The molecule has 2 saturated carbocycles. The van der Waals surface area contributed by atoms with Gasteiger partial charge in [-0.05, 0) is 64.0 Å². The summed E-state index contributed by atoms with van der Waals surface area (Å²) in [6.45, 7) is 6.40. The molecule has 16 heavy (non-hydrogen) atoms. The summed E-state index contributed by atoms with van der Waals surface area (Å²) in [4.78, 5) is 2.82. The van der Waals surface area contributed by atoms with Crippen LogP contribution in [0.4, 0.5) is 0 Å². The molecule has 1 N–H and O–H groups in total. The van der Waals surface area contributed by atoms with Crippen molar-refractivity contribution >= 4 is 0 Å². The summed E-state index contributed by atoms with van der Waals surface area (Å²) in [5.41, 5.74) is 0.633. The minimum absolute atomic E-state index is 0.633. The number of hydrogen-bond donors (Lipinski definition) is 1.